The molecule has 0 spiro atoms. The first-order valence-corrected chi connectivity index (χ1v) is 10.1. The van der Waals surface area contributed by atoms with Gasteiger partial charge in [0, 0.05) is 52.0 Å². The minimum atomic E-state index is 0. The first-order chi connectivity index (χ1) is 13.1. The number of carbonyl (C=O) groups excluding carboxylic acids is 1. The van der Waals surface area contributed by atoms with Crippen LogP contribution in [0.3, 0.4) is 0 Å². The Bertz CT molecular complexity index is 679. The summed E-state index contributed by atoms with van der Waals surface area (Å²) in [6, 6.07) is 6.51. The van der Waals surface area contributed by atoms with Gasteiger partial charge < -0.3 is 20.0 Å². The van der Waals surface area contributed by atoms with Crippen LogP contribution in [-0.4, -0.2) is 74.5 Å². The highest BCUT2D eigenvalue weighted by Crippen LogP contribution is 2.23. The first-order valence-electron chi connectivity index (χ1n) is 10.1. The third kappa shape index (κ3) is 5.52. The van der Waals surface area contributed by atoms with E-state index in [-0.39, 0.29) is 29.9 Å². The van der Waals surface area contributed by atoms with Crippen molar-refractivity contribution in [1.29, 1.82) is 0 Å². The van der Waals surface area contributed by atoms with Crippen LogP contribution in [0.2, 0.25) is 0 Å². The molecule has 3 rings (SSSR count). The monoisotopic (exact) mass is 499 g/mol. The van der Waals surface area contributed by atoms with Crippen LogP contribution >= 0.6 is 24.0 Å². The summed E-state index contributed by atoms with van der Waals surface area (Å²) in [5.41, 5.74) is 4.03. The van der Waals surface area contributed by atoms with Gasteiger partial charge in [0.2, 0.25) is 5.91 Å². The van der Waals surface area contributed by atoms with Crippen LogP contribution in [0.1, 0.15) is 30.4 Å². The number of halogens is 1. The summed E-state index contributed by atoms with van der Waals surface area (Å²) < 4.78 is 0. The van der Waals surface area contributed by atoms with Crippen LogP contribution in [-0.2, 0) is 4.79 Å². The minimum absolute atomic E-state index is 0. The zero-order valence-corrected chi connectivity index (χ0v) is 19.7. The Labute approximate surface area is 186 Å². The Morgan fingerprint density at radius 3 is 2.32 bits per heavy atom. The summed E-state index contributed by atoms with van der Waals surface area (Å²) in [7, 11) is 1.80. The lowest BCUT2D eigenvalue weighted by atomic mass is 10.1. The summed E-state index contributed by atoms with van der Waals surface area (Å²) in [5.74, 6) is 1.02. The van der Waals surface area contributed by atoms with E-state index < -0.39 is 0 Å². The maximum absolute atomic E-state index is 12.4. The van der Waals surface area contributed by atoms with Crippen molar-refractivity contribution in [2.45, 2.75) is 33.1 Å². The van der Waals surface area contributed by atoms with Gasteiger partial charge in [-0.15, -0.1) is 24.0 Å². The molecule has 0 bridgehead atoms. The third-order valence-electron chi connectivity index (χ3n) is 5.81. The average Bonchev–Trinajstić information content (AvgIpc) is 2.71. The number of guanidine groups is 1. The molecule has 2 aliphatic heterocycles. The Kier molecular flexibility index (Phi) is 8.85. The number of aryl methyl sites for hydroxylation is 1. The molecular formula is C21H34IN5O. The summed E-state index contributed by atoms with van der Waals surface area (Å²) >= 11 is 0. The molecule has 6 nitrogen and oxygen atoms in total. The molecule has 1 aromatic rings. The smallest absolute Gasteiger partial charge is 0.241 e. The summed E-state index contributed by atoms with van der Waals surface area (Å²) in [5, 5.41) is 3.28. The molecule has 2 saturated heterocycles. The fraction of sp³-hybridized carbons (Fsp3) is 0.619. The molecule has 1 N–H and O–H groups in total. The van der Waals surface area contributed by atoms with Crippen molar-refractivity contribution < 1.29 is 4.79 Å². The average molecular weight is 499 g/mol. The molecule has 0 radical (unpaired) electrons. The number of nitrogens with one attached hydrogen (secondary N) is 1. The SMILES string of the molecule is CN=C(NCC(=O)N1CCCCC1)N1CCN(c2cccc(C)c2C)CC1.I. The predicted octanol–water partition coefficient (Wildman–Crippen LogP) is 2.63. The normalized spacial score (nSPS) is 18.0. The second kappa shape index (κ2) is 10.9. The lowest BCUT2D eigenvalue weighted by Crippen LogP contribution is -2.54. The molecule has 0 atom stereocenters. The highest BCUT2D eigenvalue weighted by molar-refractivity contribution is 14.0. The molecular weight excluding hydrogens is 465 g/mol. The maximum atomic E-state index is 12.4. The quantitative estimate of drug-likeness (QED) is 0.395. The van der Waals surface area contributed by atoms with Gasteiger partial charge in [0.15, 0.2) is 5.96 Å². The van der Waals surface area contributed by atoms with Crippen LogP contribution in [0.5, 0.6) is 0 Å². The zero-order valence-electron chi connectivity index (χ0n) is 17.4. The molecule has 0 unspecified atom stereocenters. The van der Waals surface area contributed by atoms with Crippen LogP contribution in [0.4, 0.5) is 5.69 Å². The lowest BCUT2D eigenvalue weighted by Gasteiger charge is -2.38. The number of anilines is 1. The van der Waals surface area contributed by atoms with Crippen molar-refractivity contribution in [1.82, 2.24) is 15.1 Å². The fourth-order valence-corrected chi connectivity index (χ4v) is 3.98. The number of hydrogen-bond donors (Lipinski definition) is 1. The molecule has 28 heavy (non-hydrogen) atoms. The first kappa shape index (κ1) is 22.8. The van der Waals surface area contributed by atoms with Gasteiger partial charge in [0.05, 0.1) is 6.54 Å². The molecule has 156 valence electrons. The van der Waals surface area contributed by atoms with E-state index in [1.165, 1.54) is 23.2 Å². The van der Waals surface area contributed by atoms with Crippen molar-refractivity contribution in [3.63, 3.8) is 0 Å². The molecule has 0 aromatic heterocycles. The number of aliphatic imine (C=N–C) groups is 1. The molecule has 2 aliphatic rings. The van der Waals surface area contributed by atoms with Crippen molar-refractivity contribution in [2.75, 3.05) is 57.8 Å². The van der Waals surface area contributed by atoms with Gasteiger partial charge in [-0.2, -0.15) is 0 Å². The number of carbonyl (C=O) groups is 1. The van der Waals surface area contributed by atoms with Crippen molar-refractivity contribution in [2.24, 2.45) is 4.99 Å². The lowest BCUT2D eigenvalue weighted by molar-refractivity contribution is -0.130. The summed E-state index contributed by atoms with van der Waals surface area (Å²) in [6.45, 7) is 10.2. The van der Waals surface area contributed by atoms with E-state index in [0.717, 1.165) is 58.1 Å². The number of piperazine rings is 1. The van der Waals surface area contributed by atoms with Crippen molar-refractivity contribution >= 4 is 41.5 Å². The highest BCUT2D eigenvalue weighted by atomic mass is 127. The second-order valence-electron chi connectivity index (χ2n) is 7.54. The molecule has 2 heterocycles. The van der Waals surface area contributed by atoms with Gasteiger partial charge in [0.1, 0.15) is 0 Å². The van der Waals surface area contributed by atoms with E-state index in [0.29, 0.717) is 6.54 Å². The number of benzene rings is 1. The topological polar surface area (TPSA) is 51.2 Å². The van der Waals surface area contributed by atoms with E-state index in [1.807, 2.05) is 4.90 Å². The number of amides is 1. The predicted molar refractivity (Wildman–Crippen MR) is 127 cm³/mol. The summed E-state index contributed by atoms with van der Waals surface area (Å²) in [4.78, 5) is 23.5. The van der Waals surface area contributed by atoms with Crippen LogP contribution in [0, 0.1) is 13.8 Å². The minimum Gasteiger partial charge on any atom is -0.368 e. The Balaban J connectivity index is 0.00000280. The molecule has 0 aliphatic carbocycles. The van der Waals surface area contributed by atoms with Gasteiger partial charge in [-0.1, -0.05) is 12.1 Å². The number of nitrogens with zero attached hydrogens (tertiary/aromatic N) is 4. The van der Waals surface area contributed by atoms with E-state index in [4.69, 9.17) is 0 Å². The van der Waals surface area contributed by atoms with E-state index >= 15 is 0 Å². The molecule has 1 amide bonds. The Morgan fingerprint density at radius 2 is 1.68 bits per heavy atom. The second-order valence-corrected chi connectivity index (χ2v) is 7.54. The van der Waals surface area contributed by atoms with Gasteiger partial charge >= 0.3 is 0 Å². The third-order valence-corrected chi connectivity index (χ3v) is 5.81. The molecule has 2 fully saturated rings. The van der Waals surface area contributed by atoms with Crippen molar-refractivity contribution in [3.05, 3.63) is 29.3 Å². The van der Waals surface area contributed by atoms with E-state index in [1.54, 1.807) is 7.05 Å². The number of piperidine rings is 1. The fourth-order valence-electron chi connectivity index (χ4n) is 3.98. The molecule has 0 saturated carbocycles. The number of likely N-dealkylation sites (tertiary alicyclic amines) is 1. The van der Waals surface area contributed by atoms with Gasteiger partial charge in [-0.05, 0) is 50.3 Å². The standard InChI is InChI=1S/C21H33N5O.HI/c1-17-8-7-9-19(18(17)2)24-12-14-26(15-13-24)21(22-3)23-16-20(27)25-10-5-4-6-11-25;/h7-9H,4-6,10-16H2,1-3H3,(H,22,23);1H. The number of rotatable bonds is 3. The van der Waals surface area contributed by atoms with Crippen LogP contribution in [0.15, 0.2) is 23.2 Å². The highest BCUT2D eigenvalue weighted by Gasteiger charge is 2.22. The Morgan fingerprint density at radius 1 is 1.00 bits per heavy atom. The largest absolute Gasteiger partial charge is 0.368 e. The van der Waals surface area contributed by atoms with E-state index in [9.17, 15) is 4.79 Å². The number of hydrogen-bond acceptors (Lipinski definition) is 3. The van der Waals surface area contributed by atoms with Gasteiger partial charge in [-0.25, -0.2) is 0 Å². The van der Waals surface area contributed by atoms with Crippen molar-refractivity contribution in [3.8, 4) is 0 Å². The van der Waals surface area contributed by atoms with Gasteiger partial charge in [-0.3, -0.25) is 9.79 Å². The zero-order chi connectivity index (χ0) is 19.2. The Hall–Kier alpha value is -1.51. The molecule has 7 heteroatoms. The van der Waals surface area contributed by atoms with Crippen LogP contribution in [0.25, 0.3) is 0 Å². The van der Waals surface area contributed by atoms with Gasteiger partial charge in [0.25, 0.3) is 0 Å². The molecule has 1 aromatic carbocycles. The maximum Gasteiger partial charge on any atom is 0.241 e. The van der Waals surface area contributed by atoms with Crippen LogP contribution < -0.4 is 10.2 Å². The summed E-state index contributed by atoms with van der Waals surface area (Å²) in [6.07, 6.45) is 3.49. The van der Waals surface area contributed by atoms with E-state index in [2.05, 4.69) is 52.2 Å².